The highest BCUT2D eigenvalue weighted by Crippen LogP contribution is 2.17. The van der Waals surface area contributed by atoms with E-state index in [4.69, 9.17) is 16.0 Å². The quantitative estimate of drug-likeness (QED) is 0.720. The van der Waals surface area contributed by atoms with E-state index in [1.807, 2.05) is 12.1 Å². The molecule has 3 rings (SSSR count). The lowest BCUT2D eigenvalue weighted by atomic mass is 10.0. The van der Waals surface area contributed by atoms with Gasteiger partial charge in [0.2, 0.25) is 5.89 Å². The van der Waals surface area contributed by atoms with E-state index in [-0.39, 0.29) is 11.9 Å². The van der Waals surface area contributed by atoms with Crippen LogP contribution in [0.4, 0.5) is 6.01 Å². The summed E-state index contributed by atoms with van der Waals surface area (Å²) in [6.45, 7) is 4.31. The van der Waals surface area contributed by atoms with Crippen molar-refractivity contribution in [1.82, 2.24) is 10.2 Å². The second-order valence-electron chi connectivity index (χ2n) is 6.04. The number of nitrogens with one attached hydrogen (secondary N) is 1. The molecule has 1 aromatic heterocycles. The Morgan fingerprint density at radius 3 is 2.40 bits per heavy atom. The Kier molecular flexibility index (Phi) is 5.14. The molecule has 1 heterocycles. The van der Waals surface area contributed by atoms with Gasteiger partial charge in [-0.1, -0.05) is 54.8 Å². The van der Waals surface area contributed by atoms with Crippen LogP contribution in [0.2, 0.25) is 5.02 Å². The van der Waals surface area contributed by atoms with Gasteiger partial charge in [-0.3, -0.25) is 10.1 Å². The van der Waals surface area contributed by atoms with Gasteiger partial charge in [0, 0.05) is 10.6 Å². The number of hydrogen-bond acceptors (Lipinski definition) is 4. The minimum absolute atomic E-state index is 0.0775. The lowest BCUT2D eigenvalue weighted by Gasteiger charge is -2.05. The first-order chi connectivity index (χ1) is 12.0. The first kappa shape index (κ1) is 17.2. The van der Waals surface area contributed by atoms with Crippen molar-refractivity contribution in [3.63, 3.8) is 0 Å². The van der Waals surface area contributed by atoms with Crippen molar-refractivity contribution in [1.29, 1.82) is 0 Å². The molecule has 0 aliphatic rings. The summed E-state index contributed by atoms with van der Waals surface area (Å²) < 4.78 is 5.50. The summed E-state index contributed by atoms with van der Waals surface area (Å²) in [4.78, 5) is 12.1. The molecule has 3 aromatic rings. The van der Waals surface area contributed by atoms with E-state index in [1.165, 1.54) is 5.56 Å². The molecule has 0 saturated carbocycles. The fraction of sp³-hybridized carbons (Fsp3) is 0.211. The molecule has 5 nitrogen and oxygen atoms in total. The van der Waals surface area contributed by atoms with Gasteiger partial charge >= 0.3 is 6.01 Å². The van der Waals surface area contributed by atoms with Gasteiger partial charge in [0.05, 0.1) is 6.42 Å². The molecular formula is C19H18ClN3O2. The van der Waals surface area contributed by atoms with E-state index in [0.29, 0.717) is 28.8 Å². The van der Waals surface area contributed by atoms with Crippen LogP contribution in [-0.2, 0) is 6.42 Å². The topological polar surface area (TPSA) is 68.0 Å². The maximum atomic E-state index is 12.1. The molecule has 0 fully saturated rings. The smallest absolute Gasteiger partial charge is 0.322 e. The molecule has 0 radical (unpaired) electrons. The monoisotopic (exact) mass is 355 g/mol. The second-order valence-corrected chi connectivity index (χ2v) is 6.47. The maximum Gasteiger partial charge on any atom is 0.322 e. The summed E-state index contributed by atoms with van der Waals surface area (Å²) in [5, 5.41) is 11.0. The molecule has 0 bridgehead atoms. The predicted molar refractivity (Wildman–Crippen MR) is 97.0 cm³/mol. The third kappa shape index (κ3) is 4.45. The van der Waals surface area contributed by atoms with Gasteiger partial charge in [-0.05, 0) is 41.3 Å². The number of halogens is 1. The number of carbonyl (C=O) groups excluding carboxylic acids is 1. The molecule has 1 N–H and O–H groups in total. The summed E-state index contributed by atoms with van der Waals surface area (Å²) in [7, 11) is 0. The number of rotatable bonds is 5. The molecule has 0 aliphatic carbocycles. The van der Waals surface area contributed by atoms with Gasteiger partial charge in [0.15, 0.2) is 0 Å². The fourth-order valence-electron chi connectivity index (χ4n) is 2.34. The number of amides is 1. The van der Waals surface area contributed by atoms with Crippen molar-refractivity contribution >= 4 is 23.5 Å². The second kappa shape index (κ2) is 7.49. The van der Waals surface area contributed by atoms with Crippen LogP contribution in [0.1, 0.15) is 47.1 Å². The first-order valence-corrected chi connectivity index (χ1v) is 8.37. The molecular weight excluding hydrogens is 338 g/mol. The minimum atomic E-state index is -0.326. The molecule has 0 unspecified atom stereocenters. The van der Waals surface area contributed by atoms with Crippen LogP contribution in [-0.4, -0.2) is 16.1 Å². The van der Waals surface area contributed by atoms with Crippen LogP contribution in [0.15, 0.2) is 52.9 Å². The molecule has 0 spiro atoms. The highest BCUT2D eigenvalue weighted by molar-refractivity contribution is 6.30. The first-order valence-electron chi connectivity index (χ1n) is 7.99. The molecule has 6 heteroatoms. The number of anilines is 1. The Bertz CT molecular complexity index is 855. The fourth-order valence-corrected chi connectivity index (χ4v) is 2.47. The van der Waals surface area contributed by atoms with Crippen molar-refractivity contribution in [2.45, 2.75) is 26.2 Å². The van der Waals surface area contributed by atoms with Crippen LogP contribution in [0, 0.1) is 0 Å². The third-order valence-electron chi connectivity index (χ3n) is 3.80. The molecule has 0 atom stereocenters. The maximum absolute atomic E-state index is 12.1. The number of carbonyl (C=O) groups is 1. The van der Waals surface area contributed by atoms with Crippen molar-refractivity contribution < 1.29 is 9.21 Å². The zero-order valence-electron chi connectivity index (χ0n) is 14.0. The Balaban J connectivity index is 1.64. The highest BCUT2D eigenvalue weighted by atomic mass is 35.5. The number of nitrogens with zero attached hydrogens (tertiary/aromatic N) is 2. The van der Waals surface area contributed by atoms with Crippen LogP contribution < -0.4 is 5.32 Å². The van der Waals surface area contributed by atoms with Crippen LogP contribution in [0.3, 0.4) is 0 Å². The number of benzene rings is 2. The van der Waals surface area contributed by atoms with E-state index in [0.717, 1.165) is 5.56 Å². The predicted octanol–water partition coefficient (Wildman–Crippen LogP) is 4.69. The number of aromatic nitrogens is 2. The minimum Gasteiger partial charge on any atom is -0.407 e. The van der Waals surface area contributed by atoms with E-state index in [9.17, 15) is 4.79 Å². The highest BCUT2D eigenvalue weighted by Gasteiger charge is 2.12. The Morgan fingerprint density at radius 2 is 1.76 bits per heavy atom. The molecule has 128 valence electrons. The molecule has 2 aromatic carbocycles. The van der Waals surface area contributed by atoms with Crippen LogP contribution >= 0.6 is 11.6 Å². The lowest BCUT2D eigenvalue weighted by Crippen LogP contribution is -2.11. The molecule has 0 saturated heterocycles. The van der Waals surface area contributed by atoms with Crippen molar-refractivity contribution in [3.8, 4) is 0 Å². The van der Waals surface area contributed by atoms with Crippen molar-refractivity contribution in [2.75, 3.05) is 5.32 Å². The average molecular weight is 356 g/mol. The van der Waals surface area contributed by atoms with E-state index in [1.54, 1.807) is 24.3 Å². The van der Waals surface area contributed by atoms with Gasteiger partial charge < -0.3 is 4.42 Å². The van der Waals surface area contributed by atoms with Crippen LogP contribution in [0.25, 0.3) is 0 Å². The zero-order valence-corrected chi connectivity index (χ0v) is 14.7. The van der Waals surface area contributed by atoms with E-state index < -0.39 is 0 Å². The summed E-state index contributed by atoms with van der Waals surface area (Å²) in [5.74, 6) is 0.615. The SMILES string of the molecule is CC(C)c1ccc(Cc2nnc(NC(=O)c3ccc(Cl)cc3)o2)cc1. The summed E-state index contributed by atoms with van der Waals surface area (Å²) in [6.07, 6.45) is 0.516. The molecule has 25 heavy (non-hydrogen) atoms. The van der Waals surface area contributed by atoms with Gasteiger partial charge in [-0.25, -0.2) is 0 Å². The largest absolute Gasteiger partial charge is 0.407 e. The molecule has 0 aliphatic heterocycles. The van der Waals surface area contributed by atoms with Crippen LogP contribution in [0.5, 0.6) is 0 Å². The summed E-state index contributed by atoms with van der Waals surface area (Å²) >= 11 is 5.81. The van der Waals surface area contributed by atoms with E-state index >= 15 is 0 Å². The summed E-state index contributed by atoms with van der Waals surface area (Å²) in [6, 6.07) is 14.9. The van der Waals surface area contributed by atoms with Gasteiger partial charge in [0.1, 0.15) is 0 Å². The van der Waals surface area contributed by atoms with E-state index in [2.05, 4.69) is 41.5 Å². The average Bonchev–Trinajstić information content (AvgIpc) is 3.02. The van der Waals surface area contributed by atoms with Gasteiger partial charge in [0.25, 0.3) is 5.91 Å². The van der Waals surface area contributed by atoms with Crippen molar-refractivity contribution in [3.05, 3.63) is 76.1 Å². The van der Waals surface area contributed by atoms with Crippen molar-refractivity contribution in [2.24, 2.45) is 0 Å². The normalized spacial score (nSPS) is 10.9. The van der Waals surface area contributed by atoms with Gasteiger partial charge in [-0.15, -0.1) is 5.10 Å². The third-order valence-corrected chi connectivity index (χ3v) is 4.05. The number of hydrogen-bond donors (Lipinski definition) is 1. The Labute approximate surface area is 151 Å². The Hall–Kier alpha value is -2.66. The Morgan fingerprint density at radius 1 is 1.08 bits per heavy atom. The molecule has 1 amide bonds. The summed E-state index contributed by atoms with van der Waals surface area (Å²) in [5.41, 5.74) is 2.82. The standard InChI is InChI=1S/C19H18ClN3O2/c1-12(2)14-5-3-13(4-6-14)11-17-22-23-19(25-17)21-18(24)15-7-9-16(20)10-8-15/h3-10,12H,11H2,1-2H3,(H,21,23,24). The zero-order chi connectivity index (χ0) is 17.8. The lowest BCUT2D eigenvalue weighted by molar-refractivity contribution is 0.102. The van der Waals surface area contributed by atoms with Gasteiger partial charge in [-0.2, -0.15) is 0 Å².